The lowest BCUT2D eigenvalue weighted by Gasteiger charge is -2.19. The maximum atomic E-state index is 5.97. The Bertz CT molecular complexity index is 616. The summed E-state index contributed by atoms with van der Waals surface area (Å²) in [5.41, 5.74) is 9.56. The van der Waals surface area contributed by atoms with Crippen molar-refractivity contribution in [2.75, 3.05) is 13.3 Å². The lowest BCUT2D eigenvalue weighted by atomic mass is 9.86. The number of aryl methyl sites for hydroxylation is 1. The van der Waals surface area contributed by atoms with Gasteiger partial charge in [-0.25, -0.2) is 0 Å². The van der Waals surface area contributed by atoms with Gasteiger partial charge in [0.05, 0.1) is 0 Å². The molecule has 4 nitrogen and oxygen atoms in total. The molecule has 2 aromatic rings. The van der Waals surface area contributed by atoms with Crippen LogP contribution < -0.4 is 15.2 Å². The van der Waals surface area contributed by atoms with E-state index in [1.54, 1.807) is 0 Å². The number of hydrogen-bond acceptors (Lipinski definition) is 3. The molecular formula is C15H20N2O2. The monoisotopic (exact) mass is 260 g/mol. The zero-order valence-corrected chi connectivity index (χ0v) is 11.6. The molecule has 1 atom stereocenters. The van der Waals surface area contributed by atoms with Gasteiger partial charge in [-0.15, -0.1) is 0 Å². The Kier molecular flexibility index (Phi) is 2.90. The molecule has 1 unspecified atom stereocenters. The Morgan fingerprint density at radius 1 is 1.26 bits per heavy atom. The summed E-state index contributed by atoms with van der Waals surface area (Å²) in [4.78, 5) is 3.44. The fourth-order valence-electron chi connectivity index (χ4n) is 2.94. The number of aromatic amines is 1. The zero-order valence-electron chi connectivity index (χ0n) is 11.6. The van der Waals surface area contributed by atoms with Crippen molar-refractivity contribution in [3.8, 4) is 11.5 Å². The van der Waals surface area contributed by atoms with Crippen LogP contribution in [-0.4, -0.2) is 18.3 Å². The predicted octanol–water partition coefficient (Wildman–Crippen LogP) is 2.90. The van der Waals surface area contributed by atoms with Crippen LogP contribution in [0.2, 0.25) is 0 Å². The average Bonchev–Trinajstić information content (AvgIpc) is 2.92. The Morgan fingerprint density at radius 2 is 1.95 bits per heavy atom. The number of rotatable bonds is 3. The topological polar surface area (TPSA) is 60.3 Å². The molecule has 0 saturated carbocycles. The van der Waals surface area contributed by atoms with E-state index in [2.05, 4.69) is 31.8 Å². The van der Waals surface area contributed by atoms with E-state index in [9.17, 15) is 0 Å². The SMILES string of the molecule is Cc1[nH]c2cc3c(cc2c1C(CN)C(C)C)OCO3. The third-order valence-corrected chi connectivity index (χ3v) is 3.96. The third-order valence-electron chi connectivity index (χ3n) is 3.96. The van der Waals surface area contributed by atoms with Crippen LogP contribution >= 0.6 is 0 Å². The van der Waals surface area contributed by atoms with Crippen LogP contribution in [0.15, 0.2) is 12.1 Å². The van der Waals surface area contributed by atoms with Gasteiger partial charge in [-0.1, -0.05) is 13.8 Å². The molecule has 1 aromatic heterocycles. The smallest absolute Gasteiger partial charge is 0.231 e. The van der Waals surface area contributed by atoms with E-state index in [-0.39, 0.29) is 0 Å². The van der Waals surface area contributed by atoms with Gasteiger partial charge in [0.15, 0.2) is 11.5 Å². The summed E-state index contributed by atoms with van der Waals surface area (Å²) in [6, 6.07) is 4.09. The highest BCUT2D eigenvalue weighted by Gasteiger charge is 2.23. The highest BCUT2D eigenvalue weighted by molar-refractivity contribution is 5.88. The van der Waals surface area contributed by atoms with Crippen molar-refractivity contribution in [2.24, 2.45) is 11.7 Å². The summed E-state index contributed by atoms with van der Waals surface area (Å²) in [5.74, 6) is 2.50. The molecule has 0 radical (unpaired) electrons. The number of hydrogen-bond donors (Lipinski definition) is 2. The van der Waals surface area contributed by atoms with Crippen molar-refractivity contribution in [3.05, 3.63) is 23.4 Å². The molecule has 2 heterocycles. The maximum absolute atomic E-state index is 5.97. The minimum atomic E-state index is 0.306. The molecular weight excluding hydrogens is 240 g/mol. The number of ether oxygens (including phenoxy) is 2. The number of benzene rings is 1. The Balaban J connectivity index is 2.21. The summed E-state index contributed by atoms with van der Waals surface area (Å²) in [5, 5.41) is 1.20. The second-order valence-corrected chi connectivity index (χ2v) is 5.50. The number of nitrogens with one attached hydrogen (secondary N) is 1. The summed E-state index contributed by atoms with van der Waals surface area (Å²) in [7, 11) is 0. The van der Waals surface area contributed by atoms with Gasteiger partial charge in [-0.3, -0.25) is 0 Å². The van der Waals surface area contributed by atoms with Crippen LogP contribution in [0.1, 0.15) is 31.0 Å². The van der Waals surface area contributed by atoms with Crippen molar-refractivity contribution in [1.29, 1.82) is 0 Å². The van der Waals surface area contributed by atoms with Crippen LogP contribution in [0.5, 0.6) is 11.5 Å². The Labute approximate surface area is 112 Å². The molecule has 19 heavy (non-hydrogen) atoms. The molecule has 0 spiro atoms. The van der Waals surface area contributed by atoms with Gasteiger partial charge in [0.2, 0.25) is 6.79 Å². The third kappa shape index (κ3) is 1.87. The molecule has 0 amide bonds. The first-order valence-corrected chi connectivity index (χ1v) is 6.73. The highest BCUT2D eigenvalue weighted by atomic mass is 16.7. The highest BCUT2D eigenvalue weighted by Crippen LogP contribution is 2.40. The molecule has 0 aliphatic carbocycles. The van der Waals surface area contributed by atoms with Gasteiger partial charge in [0, 0.05) is 28.6 Å². The molecule has 102 valence electrons. The zero-order chi connectivity index (χ0) is 13.6. The minimum absolute atomic E-state index is 0.306. The van der Waals surface area contributed by atoms with Crippen LogP contribution in [0.4, 0.5) is 0 Å². The van der Waals surface area contributed by atoms with Crippen molar-refractivity contribution in [2.45, 2.75) is 26.7 Å². The van der Waals surface area contributed by atoms with Gasteiger partial charge >= 0.3 is 0 Å². The molecule has 0 fully saturated rings. The van der Waals surface area contributed by atoms with Crippen molar-refractivity contribution in [1.82, 2.24) is 4.98 Å². The molecule has 0 bridgehead atoms. The minimum Gasteiger partial charge on any atom is -0.454 e. The number of aromatic nitrogens is 1. The molecule has 3 rings (SSSR count). The maximum Gasteiger partial charge on any atom is 0.231 e. The fourth-order valence-corrected chi connectivity index (χ4v) is 2.94. The predicted molar refractivity (Wildman–Crippen MR) is 75.8 cm³/mol. The van der Waals surface area contributed by atoms with Crippen molar-refractivity contribution in [3.63, 3.8) is 0 Å². The first-order valence-electron chi connectivity index (χ1n) is 6.73. The molecule has 0 saturated heterocycles. The first-order chi connectivity index (χ1) is 9.11. The molecule has 1 aliphatic heterocycles. The van der Waals surface area contributed by atoms with Crippen molar-refractivity contribution < 1.29 is 9.47 Å². The lowest BCUT2D eigenvalue weighted by molar-refractivity contribution is 0.174. The van der Waals surface area contributed by atoms with E-state index in [4.69, 9.17) is 15.2 Å². The Hall–Kier alpha value is -1.68. The number of H-pyrrole nitrogens is 1. The van der Waals surface area contributed by atoms with E-state index in [0.29, 0.717) is 25.2 Å². The van der Waals surface area contributed by atoms with E-state index >= 15 is 0 Å². The van der Waals surface area contributed by atoms with Gasteiger partial charge in [0.1, 0.15) is 0 Å². The van der Waals surface area contributed by atoms with E-state index in [1.807, 2.05) is 6.07 Å². The largest absolute Gasteiger partial charge is 0.454 e. The van der Waals surface area contributed by atoms with Crippen LogP contribution in [0.3, 0.4) is 0 Å². The average molecular weight is 260 g/mol. The summed E-state index contributed by atoms with van der Waals surface area (Å²) in [6.45, 7) is 7.49. The van der Waals surface area contributed by atoms with Gasteiger partial charge < -0.3 is 20.2 Å². The lowest BCUT2D eigenvalue weighted by Crippen LogP contribution is -2.18. The second kappa shape index (κ2) is 4.46. The standard InChI is InChI=1S/C15H20N2O2/c1-8(2)11(6-16)15-9(3)17-12-5-14-13(4-10(12)15)18-7-19-14/h4-5,8,11,17H,6-7,16H2,1-3H3. The summed E-state index contributed by atoms with van der Waals surface area (Å²) >= 11 is 0. The summed E-state index contributed by atoms with van der Waals surface area (Å²) < 4.78 is 10.9. The number of fused-ring (bicyclic) bond motifs is 2. The van der Waals surface area contributed by atoms with E-state index in [1.165, 1.54) is 16.6 Å². The molecule has 1 aliphatic rings. The van der Waals surface area contributed by atoms with E-state index < -0.39 is 0 Å². The second-order valence-electron chi connectivity index (χ2n) is 5.50. The van der Waals surface area contributed by atoms with Crippen molar-refractivity contribution >= 4 is 10.9 Å². The molecule has 3 N–H and O–H groups in total. The molecule has 1 aromatic carbocycles. The van der Waals surface area contributed by atoms with Crippen LogP contribution in [-0.2, 0) is 0 Å². The number of nitrogens with two attached hydrogens (primary N) is 1. The Morgan fingerprint density at radius 3 is 2.58 bits per heavy atom. The quantitative estimate of drug-likeness (QED) is 0.892. The van der Waals surface area contributed by atoms with Gasteiger partial charge in [-0.2, -0.15) is 0 Å². The molecule has 4 heteroatoms. The van der Waals surface area contributed by atoms with Gasteiger partial charge in [0.25, 0.3) is 0 Å². The van der Waals surface area contributed by atoms with E-state index in [0.717, 1.165) is 17.0 Å². The summed E-state index contributed by atoms with van der Waals surface area (Å²) in [6.07, 6.45) is 0. The van der Waals surface area contributed by atoms with Crippen LogP contribution in [0, 0.1) is 12.8 Å². The fraction of sp³-hybridized carbons (Fsp3) is 0.467. The normalized spacial score (nSPS) is 15.4. The van der Waals surface area contributed by atoms with Crippen LogP contribution in [0.25, 0.3) is 10.9 Å². The first kappa shape index (κ1) is 12.4. The van der Waals surface area contributed by atoms with Gasteiger partial charge in [-0.05, 0) is 31.0 Å².